The van der Waals surface area contributed by atoms with Crippen LogP contribution >= 0.6 is 24.0 Å². The summed E-state index contributed by atoms with van der Waals surface area (Å²) in [6.07, 6.45) is -3.65. The van der Waals surface area contributed by atoms with Crippen molar-refractivity contribution in [2.45, 2.75) is 19.0 Å². The first-order chi connectivity index (χ1) is 8.14. The predicted molar refractivity (Wildman–Crippen MR) is 79.8 cm³/mol. The highest BCUT2D eigenvalue weighted by Crippen LogP contribution is 2.17. The Balaban J connectivity index is 0. The molecule has 0 aliphatic rings. The normalized spacial score (nSPS) is 12.8. The summed E-state index contributed by atoms with van der Waals surface area (Å²) in [5.41, 5.74) is 0. The van der Waals surface area contributed by atoms with Gasteiger partial charge in [-0.05, 0) is 6.42 Å². The second kappa shape index (κ2) is 9.61. The number of alkyl halides is 3. The zero-order chi connectivity index (χ0) is 14.2. The van der Waals surface area contributed by atoms with Crippen LogP contribution in [0.1, 0.15) is 12.8 Å². The van der Waals surface area contributed by atoms with Crippen LogP contribution in [-0.4, -0.2) is 52.7 Å². The number of aliphatic imine (C=N–C) groups is 1. The fourth-order valence-electron chi connectivity index (χ4n) is 1.08. The molecule has 19 heavy (non-hydrogen) atoms. The van der Waals surface area contributed by atoms with Gasteiger partial charge in [0.25, 0.3) is 0 Å². The van der Waals surface area contributed by atoms with Gasteiger partial charge in [0.2, 0.25) is 0 Å². The van der Waals surface area contributed by atoms with Crippen LogP contribution < -0.4 is 10.6 Å². The van der Waals surface area contributed by atoms with Gasteiger partial charge in [-0.2, -0.15) is 13.2 Å². The van der Waals surface area contributed by atoms with E-state index in [4.69, 9.17) is 0 Å². The SMILES string of the molecule is CN=C(NCCCS(C)(=O)=O)NCCC(F)(F)F.I. The topological polar surface area (TPSA) is 70.6 Å². The van der Waals surface area contributed by atoms with Crippen molar-refractivity contribution in [1.29, 1.82) is 0 Å². The minimum Gasteiger partial charge on any atom is -0.356 e. The summed E-state index contributed by atoms with van der Waals surface area (Å²) in [4.78, 5) is 3.72. The number of hydrogen-bond donors (Lipinski definition) is 2. The number of hydrogen-bond acceptors (Lipinski definition) is 3. The van der Waals surface area contributed by atoms with Gasteiger partial charge < -0.3 is 10.6 Å². The van der Waals surface area contributed by atoms with E-state index in [9.17, 15) is 21.6 Å². The molecule has 0 aromatic carbocycles. The molecular weight excluding hydrogens is 398 g/mol. The van der Waals surface area contributed by atoms with Crippen LogP contribution in [0.25, 0.3) is 0 Å². The molecule has 0 unspecified atom stereocenters. The molecule has 0 bridgehead atoms. The van der Waals surface area contributed by atoms with Crippen LogP contribution in [-0.2, 0) is 9.84 Å². The van der Waals surface area contributed by atoms with Gasteiger partial charge >= 0.3 is 6.18 Å². The highest BCUT2D eigenvalue weighted by atomic mass is 127. The van der Waals surface area contributed by atoms with Crippen molar-refractivity contribution in [3.05, 3.63) is 0 Å². The fraction of sp³-hybridized carbons (Fsp3) is 0.889. The molecule has 5 nitrogen and oxygen atoms in total. The Kier molecular flexibility index (Phi) is 10.6. The first-order valence-electron chi connectivity index (χ1n) is 5.33. The van der Waals surface area contributed by atoms with Crippen molar-refractivity contribution < 1.29 is 21.6 Å². The molecule has 0 saturated carbocycles. The molecule has 0 radical (unpaired) electrons. The summed E-state index contributed by atoms with van der Waals surface area (Å²) in [6.45, 7) is 0.0635. The van der Waals surface area contributed by atoms with Gasteiger partial charge in [0, 0.05) is 26.4 Å². The van der Waals surface area contributed by atoms with Gasteiger partial charge in [0.05, 0.1) is 12.2 Å². The molecule has 0 aliphatic heterocycles. The molecule has 0 saturated heterocycles. The molecule has 2 N–H and O–H groups in total. The first kappa shape index (κ1) is 21.0. The second-order valence-corrected chi connectivity index (χ2v) is 6.03. The molecule has 0 atom stereocenters. The van der Waals surface area contributed by atoms with Crippen molar-refractivity contribution >= 4 is 39.8 Å². The van der Waals surface area contributed by atoms with Crippen molar-refractivity contribution in [3.8, 4) is 0 Å². The summed E-state index contributed by atoms with van der Waals surface area (Å²) in [6, 6.07) is 0. The molecule has 10 heteroatoms. The Bertz CT molecular complexity index is 371. The monoisotopic (exact) mass is 417 g/mol. The molecule has 0 rings (SSSR count). The van der Waals surface area contributed by atoms with E-state index >= 15 is 0 Å². The van der Waals surface area contributed by atoms with Gasteiger partial charge in [-0.15, -0.1) is 24.0 Å². The average molecular weight is 417 g/mol. The van der Waals surface area contributed by atoms with Crippen LogP contribution in [0.2, 0.25) is 0 Å². The Morgan fingerprint density at radius 2 is 1.74 bits per heavy atom. The lowest BCUT2D eigenvalue weighted by molar-refractivity contribution is -0.132. The molecule has 0 aromatic rings. The van der Waals surface area contributed by atoms with E-state index in [0.717, 1.165) is 6.26 Å². The number of guanidine groups is 1. The Morgan fingerprint density at radius 3 is 2.16 bits per heavy atom. The smallest absolute Gasteiger partial charge is 0.356 e. The lowest BCUT2D eigenvalue weighted by atomic mass is 10.4. The van der Waals surface area contributed by atoms with E-state index in [1.54, 1.807) is 0 Å². The Morgan fingerprint density at radius 1 is 1.21 bits per heavy atom. The molecule has 0 amide bonds. The third kappa shape index (κ3) is 15.7. The quantitative estimate of drug-likeness (QED) is 0.295. The number of sulfone groups is 1. The third-order valence-corrected chi connectivity index (χ3v) is 2.94. The van der Waals surface area contributed by atoms with Crippen molar-refractivity contribution in [2.24, 2.45) is 4.99 Å². The zero-order valence-corrected chi connectivity index (χ0v) is 13.9. The number of nitrogens with one attached hydrogen (secondary N) is 2. The number of halogens is 4. The van der Waals surface area contributed by atoms with Crippen molar-refractivity contribution in [3.63, 3.8) is 0 Å². The van der Waals surface area contributed by atoms with E-state index < -0.39 is 22.4 Å². The van der Waals surface area contributed by atoms with Gasteiger partial charge in [0.1, 0.15) is 9.84 Å². The van der Waals surface area contributed by atoms with Crippen LogP contribution in [0.3, 0.4) is 0 Å². The maximum atomic E-state index is 11.9. The van der Waals surface area contributed by atoms with Crippen molar-refractivity contribution in [1.82, 2.24) is 10.6 Å². The van der Waals surface area contributed by atoms with Crippen molar-refractivity contribution in [2.75, 3.05) is 32.1 Å². The Labute approximate surface area is 128 Å². The molecule has 0 aromatic heterocycles. The Hall–Kier alpha value is -0.260. The van der Waals surface area contributed by atoms with Crippen LogP contribution in [0.4, 0.5) is 13.2 Å². The number of rotatable bonds is 6. The average Bonchev–Trinajstić information content (AvgIpc) is 2.18. The summed E-state index contributed by atoms with van der Waals surface area (Å²) in [5.74, 6) is 0.257. The maximum Gasteiger partial charge on any atom is 0.390 e. The highest BCUT2D eigenvalue weighted by molar-refractivity contribution is 14.0. The minimum absolute atomic E-state index is 0. The largest absolute Gasteiger partial charge is 0.390 e. The summed E-state index contributed by atoms with van der Waals surface area (Å²) in [7, 11) is -1.58. The molecule has 0 spiro atoms. The highest BCUT2D eigenvalue weighted by Gasteiger charge is 2.26. The van der Waals surface area contributed by atoms with E-state index in [-0.39, 0.29) is 42.2 Å². The lowest BCUT2D eigenvalue weighted by Gasteiger charge is -2.12. The maximum absolute atomic E-state index is 11.9. The summed E-state index contributed by atoms with van der Waals surface area (Å²) < 4.78 is 57.3. The number of nitrogens with zero attached hydrogens (tertiary/aromatic N) is 1. The molecule has 0 aliphatic carbocycles. The molecule has 0 fully saturated rings. The van der Waals surface area contributed by atoms with Crippen LogP contribution in [0.15, 0.2) is 4.99 Å². The summed E-state index contributed by atoms with van der Waals surface area (Å²) in [5, 5.41) is 5.23. The zero-order valence-electron chi connectivity index (χ0n) is 10.7. The molecule has 116 valence electrons. The minimum atomic E-state index is -4.21. The van der Waals surface area contributed by atoms with Crippen LogP contribution in [0.5, 0.6) is 0 Å². The van der Waals surface area contributed by atoms with Gasteiger partial charge in [-0.25, -0.2) is 8.42 Å². The first-order valence-corrected chi connectivity index (χ1v) is 7.39. The molecule has 0 heterocycles. The predicted octanol–water partition coefficient (Wildman–Crippen LogP) is 1.16. The van der Waals surface area contributed by atoms with Crippen LogP contribution in [0, 0.1) is 0 Å². The summed E-state index contributed by atoms with van der Waals surface area (Å²) >= 11 is 0. The lowest BCUT2D eigenvalue weighted by Crippen LogP contribution is -2.39. The third-order valence-electron chi connectivity index (χ3n) is 1.91. The van der Waals surface area contributed by atoms with E-state index in [1.165, 1.54) is 7.05 Å². The van der Waals surface area contributed by atoms with Gasteiger partial charge in [-0.3, -0.25) is 4.99 Å². The van der Waals surface area contributed by atoms with E-state index in [0.29, 0.717) is 13.0 Å². The van der Waals surface area contributed by atoms with E-state index in [1.807, 2.05) is 0 Å². The second-order valence-electron chi connectivity index (χ2n) is 3.77. The standard InChI is InChI=1S/C9H18F3N3O2S.HI/c1-13-8(15-6-4-9(10,11)12)14-5-3-7-18(2,16)17;/h3-7H2,1-2H3,(H2,13,14,15);1H. The van der Waals surface area contributed by atoms with E-state index in [2.05, 4.69) is 15.6 Å². The van der Waals surface area contributed by atoms with Gasteiger partial charge in [0.15, 0.2) is 5.96 Å². The fourth-order valence-corrected chi connectivity index (χ4v) is 1.75. The molecular formula is C9H19F3IN3O2S. The van der Waals surface area contributed by atoms with Gasteiger partial charge in [-0.1, -0.05) is 0 Å².